The molecule has 0 radical (unpaired) electrons. The molecule has 0 spiro atoms. The lowest BCUT2D eigenvalue weighted by Gasteiger charge is -2.46. The van der Waals surface area contributed by atoms with Crippen LogP contribution < -0.4 is 10.1 Å². The van der Waals surface area contributed by atoms with E-state index >= 15 is 0 Å². The maximum atomic E-state index is 12.2. The van der Waals surface area contributed by atoms with Crippen molar-refractivity contribution in [2.75, 3.05) is 6.61 Å². The summed E-state index contributed by atoms with van der Waals surface area (Å²) in [4.78, 5) is 26.7. The van der Waals surface area contributed by atoms with Gasteiger partial charge in [0.25, 0.3) is 0 Å². The fraction of sp³-hybridized carbons (Fsp3) is 0.474. The fourth-order valence-corrected chi connectivity index (χ4v) is 3.92. The first-order valence-corrected chi connectivity index (χ1v) is 10.2. The third-order valence-corrected chi connectivity index (χ3v) is 5.56. The molecule has 2 heterocycles. The number of aromatic amines is 1. The molecular weight excluding hydrogens is 480 g/mol. The third-order valence-electron chi connectivity index (χ3n) is 5.07. The minimum absolute atomic E-state index is 0.111. The lowest BCUT2D eigenvalue weighted by atomic mass is 9.88. The van der Waals surface area contributed by atoms with Gasteiger partial charge in [-0.3, -0.25) is 4.79 Å². The molecule has 6 unspecified atom stereocenters. The molecule has 1 aromatic carbocycles. The van der Waals surface area contributed by atoms with Crippen LogP contribution in [0.5, 0.6) is 5.75 Å². The summed E-state index contributed by atoms with van der Waals surface area (Å²) in [6, 6.07) is 3.95. The number of carbonyl (C=O) groups is 2. The zero-order valence-electron chi connectivity index (χ0n) is 16.4. The Kier molecular flexibility index (Phi) is 6.88. The fourth-order valence-electron chi connectivity index (χ4n) is 3.56. The average Bonchev–Trinajstić information content (AvgIpc) is 3.09. The maximum absolute atomic E-state index is 12.2. The summed E-state index contributed by atoms with van der Waals surface area (Å²) in [6.07, 6.45) is -5.85. The van der Waals surface area contributed by atoms with E-state index in [4.69, 9.17) is 9.47 Å². The number of benzene rings is 1. The van der Waals surface area contributed by atoms with Gasteiger partial charge in [0.15, 0.2) is 0 Å². The van der Waals surface area contributed by atoms with E-state index in [1.165, 1.54) is 6.20 Å². The van der Waals surface area contributed by atoms with Gasteiger partial charge in [-0.15, -0.1) is 0 Å². The van der Waals surface area contributed by atoms with Crippen molar-refractivity contribution in [3.05, 3.63) is 28.9 Å². The standard InChI is InChI=1S/C19H23BrN2O9/c1-8(24)22-15-12(25)5-19(18(28)29,31-17(15)16(27)13(26)7-23)30-14-6-21-11-3-2-9(20)4-10(11)14/h2-4,6,12-13,15-17,21,23,25-27H,5,7H2,1H3,(H,22,24)(H,28,29). The number of carboxylic acids is 1. The highest BCUT2D eigenvalue weighted by Gasteiger charge is 2.56. The van der Waals surface area contributed by atoms with Crippen molar-refractivity contribution in [1.82, 2.24) is 10.3 Å². The van der Waals surface area contributed by atoms with Crippen LogP contribution in [0.3, 0.4) is 0 Å². The van der Waals surface area contributed by atoms with Gasteiger partial charge < -0.3 is 45.3 Å². The molecule has 6 atom stereocenters. The Morgan fingerprint density at radius 1 is 1.42 bits per heavy atom. The normalized spacial score (nSPS) is 28.1. The van der Waals surface area contributed by atoms with Gasteiger partial charge in [0, 0.05) is 28.5 Å². The Hall–Kier alpha value is -2.22. The Labute approximate surface area is 184 Å². The Morgan fingerprint density at radius 3 is 2.74 bits per heavy atom. The van der Waals surface area contributed by atoms with Crippen LogP contribution >= 0.6 is 15.9 Å². The predicted octanol–water partition coefficient (Wildman–Crippen LogP) is -0.541. The molecular formula is C19H23BrN2O9. The topological polar surface area (TPSA) is 182 Å². The molecule has 0 saturated carbocycles. The monoisotopic (exact) mass is 502 g/mol. The summed E-state index contributed by atoms with van der Waals surface area (Å²) in [5.74, 6) is -4.51. The first kappa shape index (κ1) is 23.4. The third kappa shape index (κ3) is 4.68. The molecule has 7 N–H and O–H groups in total. The van der Waals surface area contributed by atoms with Gasteiger partial charge in [0.2, 0.25) is 5.91 Å². The number of halogens is 1. The van der Waals surface area contributed by atoms with E-state index in [1.54, 1.807) is 18.2 Å². The van der Waals surface area contributed by atoms with Crippen molar-refractivity contribution in [2.24, 2.45) is 0 Å². The van der Waals surface area contributed by atoms with Crippen molar-refractivity contribution in [3.8, 4) is 5.75 Å². The molecule has 1 aromatic heterocycles. The first-order chi connectivity index (χ1) is 14.6. The zero-order chi connectivity index (χ0) is 22.9. The Morgan fingerprint density at radius 2 is 2.13 bits per heavy atom. The number of nitrogens with one attached hydrogen (secondary N) is 2. The number of rotatable bonds is 7. The van der Waals surface area contributed by atoms with Gasteiger partial charge in [-0.25, -0.2) is 4.79 Å². The van der Waals surface area contributed by atoms with Gasteiger partial charge in [0.05, 0.1) is 25.2 Å². The van der Waals surface area contributed by atoms with E-state index in [-0.39, 0.29) is 5.75 Å². The molecule has 0 aliphatic carbocycles. The van der Waals surface area contributed by atoms with Crippen LogP contribution in [0, 0.1) is 0 Å². The van der Waals surface area contributed by atoms with Crippen molar-refractivity contribution in [1.29, 1.82) is 0 Å². The first-order valence-electron chi connectivity index (χ1n) is 9.37. The number of carbonyl (C=O) groups excluding carboxylic acids is 1. The maximum Gasteiger partial charge on any atom is 0.377 e. The number of H-pyrrole nitrogens is 1. The summed E-state index contributed by atoms with van der Waals surface area (Å²) in [5.41, 5.74) is 0.651. The van der Waals surface area contributed by atoms with E-state index in [0.29, 0.717) is 15.4 Å². The van der Waals surface area contributed by atoms with Crippen molar-refractivity contribution in [3.63, 3.8) is 0 Å². The number of aromatic nitrogens is 1. The van der Waals surface area contributed by atoms with Crippen LogP contribution in [0.2, 0.25) is 0 Å². The molecule has 0 bridgehead atoms. The minimum Gasteiger partial charge on any atom is -0.476 e. The zero-order valence-corrected chi connectivity index (χ0v) is 17.9. The number of fused-ring (bicyclic) bond motifs is 1. The number of aliphatic hydroxyl groups is 4. The average molecular weight is 503 g/mol. The molecule has 1 aliphatic heterocycles. The van der Waals surface area contributed by atoms with Crippen molar-refractivity contribution < 1.29 is 44.6 Å². The Bertz CT molecular complexity index is 967. The summed E-state index contributed by atoms with van der Waals surface area (Å²) < 4.78 is 12.1. The largest absolute Gasteiger partial charge is 0.476 e. The van der Waals surface area contributed by atoms with Crippen LogP contribution in [0.15, 0.2) is 28.9 Å². The second-order valence-electron chi connectivity index (χ2n) is 7.32. The molecule has 11 nitrogen and oxygen atoms in total. The summed E-state index contributed by atoms with van der Waals surface area (Å²) >= 11 is 3.33. The number of aliphatic carboxylic acids is 1. The van der Waals surface area contributed by atoms with Gasteiger partial charge >= 0.3 is 11.8 Å². The van der Waals surface area contributed by atoms with Crippen molar-refractivity contribution in [2.45, 2.75) is 49.6 Å². The van der Waals surface area contributed by atoms with Gasteiger partial charge in [-0.2, -0.15) is 0 Å². The molecule has 170 valence electrons. The predicted molar refractivity (Wildman–Crippen MR) is 109 cm³/mol. The number of amides is 1. The van der Waals surface area contributed by atoms with Gasteiger partial charge in [0.1, 0.15) is 24.1 Å². The van der Waals surface area contributed by atoms with E-state index in [9.17, 15) is 35.1 Å². The quantitative estimate of drug-likeness (QED) is 0.261. The second-order valence-corrected chi connectivity index (χ2v) is 8.24. The second kappa shape index (κ2) is 9.10. The summed E-state index contributed by atoms with van der Waals surface area (Å²) in [5, 5.41) is 53.0. The lowest BCUT2D eigenvalue weighted by Crippen LogP contribution is -2.68. The summed E-state index contributed by atoms with van der Waals surface area (Å²) in [7, 11) is 0. The smallest absolute Gasteiger partial charge is 0.377 e. The van der Waals surface area contributed by atoms with E-state index in [2.05, 4.69) is 26.2 Å². The highest BCUT2D eigenvalue weighted by atomic mass is 79.9. The molecule has 31 heavy (non-hydrogen) atoms. The molecule has 3 rings (SSSR count). The van der Waals surface area contributed by atoms with Gasteiger partial charge in [-0.05, 0) is 18.2 Å². The van der Waals surface area contributed by atoms with E-state index in [1.807, 2.05) is 0 Å². The number of carboxylic acid groups (broad SMARTS) is 1. The Balaban J connectivity index is 2.01. The molecule has 1 saturated heterocycles. The highest BCUT2D eigenvalue weighted by Crippen LogP contribution is 2.37. The number of hydrogen-bond acceptors (Lipinski definition) is 8. The lowest BCUT2D eigenvalue weighted by molar-refractivity contribution is -0.284. The van der Waals surface area contributed by atoms with Gasteiger partial charge in [-0.1, -0.05) is 15.9 Å². The number of ether oxygens (including phenoxy) is 2. The van der Waals surface area contributed by atoms with Crippen LogP contribution in [0.25, 0.3) is 10.9 Å². The van der Waals surface area contributed by atoms with Crippen LogP contribution in [-0.2, 0) is 14.3 Å². The molecule has 1 aliphatic rings. The summed E-state index contributed by atoms with van der Waals surface area (Å²) in [6.45, 7) is 0.305. The highest BCUT2D eigenvalue weighted by molar-refractivity contribution is 9.10. The molecule has 1 fully saturated rings. The van der Waals surface area contributed by atoms with E-state index < -0.39 is 61.1 Å². The van der Waals surface area contributed by atoms with Crippen molar-refractivity contribution >= 4 is 38.7 Å². The molecule has 2 aromatic rings. The van der Waals surface area contributed by atoms with E-state index in [0.717, 1.165) is 6.92 Å². The number of aliphatic hydroxyl groups excluding tert-OH is 4. The number of hydrogen-bond donors (Lipinski definition) is 7. The van der Waals surface area contributed by atoms with Crippen LogP contribution in [0.4, 0.5) is 0 Å². The SMILES string of the molecule is CC(=O)NC1C(O)CC(Oc2c[nH]c3ccc(Br)cc23)(C(=O)O)OC1C(O)C(O)CO. The van der Waals surface area contributed by atoms with Crippen LogP contribution in [-0.4, -0.2) is 85.2 Å². The molecule has 1 amide bonds. The van der Waals surface area contributed by atoms with Crippen LogP contribution in [0.1, 0.15) is 13.3 Å². The molecule has 12 heteroatoms. The minimum atomic E-state index is -2.45.